The van der Waals surface area contributed by atoms with Gasteiger partial charge in [-0.1, -0.05) is 11.6 Å². The van der Waals surface area contributed by atoms with Crippen LogP contribution in [0.4, 0.5) is 18.9 Å². The lowest BCUT2D eigenvalue weighted by Gasteiger charge is -2.13. The van der Waals surface area contributed by atoms with E-state index in [0.29, 0.717) is 4.90 Å². The van der Waals surface area contributed by atoms with E-state index < -0.39 is 22.7 Å². The lowest BCUT2D eigenvalue weighted by Crippen LogP contribution is -2.22. The van der Waals surface area contributed by atoms with E-state index in [1.807, 2.05) is 0 Å². The average molecular weight is 346 g/mol. The number of carbonyl (C=O) groups excluding carboxylic acids is 1. The Hall–Kier alpha value is -1.66. The molecule has 0 radical (unpaired) electrons. The molecule has 22 heavy (non-hydrogen) atoms. The Morgan fingerprint density at radius 3 is 2.50 bits per heavy atom. The summed E-state index contributed by atoms with van der Waals surface area (Å²) >= 11 is 6.89. The summed E-state index contributed by atoms with van der Waals surface area (Å²) in [6.07, 6.45) is 0. The predicted molar refractivity (Wildman–Crippen MR) is 81.7 cm³/mol. The third-order valence-corrected chi connectivity index (χ3v) is 4.17. The molecule has 2 aromatic rings. The molecule has 0 aromatic heterocycles. The van der Waals surface area contributed by atoms with Gasteiger partial charge in [0.2, 0.25) is 5.91 Å². The summed E-state index contributed by atoms with van der Waals surface area (Å²) < 4.78 is 38.9. The number of halogens is 4. The Bertz CT molecular complexity index is 711. The van der Waals surface area contributed by atoms with E-state index in [0.717, 1.165) is 30.0 Å². The van der Waals surface area contributed by atoms with Gasteiger partial charge in [0, 0.05) is 4.90 Å². The molecule has 0 saturated heterocycles. The Labute approximate surface area is 134 Å². The van der Waals surface area contributed by atoms with E-state index in [2.05, 4.69) is 5.32 Å². The number of carbonyl (C=O) groups is 1. The van der Waals surface area contributed by atoms with E-state index in [-0.39, 0.29) is 16.6 Å². The quantitative estimate of drug-likeness (QED) is 0.800. The minimum Gasteiger partial charge on any atom is -0.324 e. The van der Waals surface area contributed by atoms with Crippen LogP contribution < -0.4 is 5.32 Å². The first-order valence-corrected chi connectivity index (χ1v) is 7.50. The second-order valence-corrected chi connectivity index (χ2v) is 6.27. The van der Waals surface area contributed by atoms with Crippen molar-refractivity contribution in [3.05, 3.63) is 58.9 Å². The van der Waals surface area contributed by atoms with Crippen LogP contribution in [-0.4, -0.2) is 11.2 Å². The van der Waals surface area contributed by atoms with Crippen LogP contribution in [0.5, 0.6) is 0 Å². The fourth-order valence-corrected chi connectivity index (χ4v) is 2.74. The predicted octanol–water partition coefficient (Wildman–Crippen LogP) is 4.88. The zero-order valence-corrected chi connectivity index (χ0v) is 12.9. The van der Waals surface area contributed by atoms with Gasteiger partial charge in [-0.2, -0.15) is 0 Å². The van der Waals surface area contributed by atoms with Gasteiger partial charge in [0.05, 0.1) is 16.0 Å². The Balaban J connectivity index is 2.04. The van der Waals surface area contributed by atoms with E-state index in [1.165, 1.54) is 18.2 Å². The molecule has 0 fully saturated rings. The molecule has 0 heterocycles. The Morgan fingerprint density at radius 1 is 1.14 bits per heavy atom. The highest BCUT2D eigenvalue weighted by atomic mass is 35.5. The van der Waals surface area contributed by atoms with E-state index in [1.54, 1.807) is 6.92 Å². The molecule has 2 nitrogen and oxygen atoms in total. The van der Waals surface area contributed by atoms with Crippen molar-refractivity contribution >= 4 is 35.0 Å². The van der Waals surface area contributed by atoms with Gasteiger partial charge in [-0.05, 0) is 43.3 Å². The lowest BCUT2D eigenvalue weighted by atomic mass is 10.3. The van der Waals surface area contributed by atoms with Gasteiger partial charge in [0.1, 0.15) is 5.82 Å². The Kier molecular flexibility index (Phi) is 5.37. The SMILES string of the molecule is CC(Sc1ccc(F)c(F)c1)C(=O)Nc1ccc(F)cc1Cl. The van der Waals surface area contributed by atoms with Crippen molar-refractivity contribution in [3.63, 3.8) is 0 Å². The topological polar surface area (TPSA) is 29.1 Å². The molecule has 0 bridgehead atoms. The van der Waals surface area contributed by atoms with Crippen LogP contribution in [0.1, 0.15) is 6.92 Å². The summed E-state index contributed by atoms with van der Waals surface area (Å²) in [7, 11) is 0. The summed E-state index contributed by atoms with van der Waals surface area (Å²) in [5.41, 5.74) is 0.283. The number of hydrogen-bond donors (Lipinski definition) is 1. The van der Waals surface area contributed by atoms with Gasteiger partial charge < -0.3 is 5.32 Å². The summed E-state index contributed by atoms with van der Waals surface area (Å²) in [5.74, 6) is -2.81. The van der Waals surface area contributed by atoms with Crippen molar-refractivity contribution in [1.29, 1.82) is 0 Å². The largest absolute Gasteiger partial charge is 0.324 e. The van der Waals surface area contributed by atoms with E-state index in [4.69, 9.17) is 11.6 Å². The molecule has 1 amide bonds. The van der Waals surface area contributed by atoms with Gasteiger partial charge >= 0.3 is 0 Å². The number of nitrogens with one attached hydrogen (secondary N) is 1. The summed E-state index contributed by atoms with van der Waals surface area (Å²) in [4.78, 5) is 12.5. The zero-order chi connectivity index (χ0) is 16.3. The van der Waals surface area contributed by atoms with Crippen LogP contribution in [0.3, 0.4) is 0 Å². The highest BCUT2D eigenvalue weighted by molar-refractivity contribution is 8.00. The van der Waals surface area contributed by atoms with Gasteiger partial charge in [-0.25, -0.2) is 13.2 Å². The van der Waals surface area contributed by atoms with E-state index >= 15 is 0 Å². The van der Waals surface area contributed by atoms with E-state index in [9.17, 15) is 18.0 Å². The second-order valence-electron chi connectivity index (χ2n) is 4.45. The summed E-state index contributed by atoms with van der Waals surface area (Å²) in [6.45, 7) is 1.61. The molecular formula is C15H11ClF3NOS. The van der Waals surface area contributed by atoms with Crippen molar-refractivity contribution < 1.29 is 18.0 Å². The average Bonchev–Trinajstić information content (AvgIpc) is 2.45. The fraction of sp³-hybridized carbons (Fsp3) is 0.133. The molecule has 7 heteroatoms. The first-order chi connectivity index (χ1) is 10.4. The Morgan fingerprint density at radius 2 is 1.86 bits per heavy atom. The molecule has 2 aromatic carbocycles. The third kappa shape index (κ3) is 4.18. The molecule has 116 valence electrons. The van der Waals surface area contributed by atoms with Crippen LogP contribution in [0.15, 0.2) is 41.3 Å². The molecule has 1 N–H and O–H groups in total. The van der Waals surface area contributed by atoms with Crippen LogP contribution in [0.25, 0.3) is 0 Å². The molecule has 0 saturated carbocycles. The standard InChI is InChI=1S/C15H11ClF3NOS/c1-8(22-10-3-4-12(18)13(19)7-10)15(21)20-14-5-2-9(17)6-11(14)16/h2-8H,1H3,(H,20,21). The maximum absolute atomic E-state index is 13.1. The minimum atomic E-state index is -0.973. The van der Waals surface area contributed by atoms with Gasteiger partial charge in [-0.3, -0.25) is 4.79 Å². The molecule has 0 spiro atoms. The van der Waals surface area contributed by atoms with Crippen molar-refractivity contribution in [2.75, 3.05) is 5.32 Å². The van der Waals surface area contributed by atoms with Crippen molar-refractivity contribution in [3.8, 4) is 0 Å². The normalized spacial score (nSPS) is 12.0. The highest BCUT2D eigenvalue weighted by Gasteiger charge is 2.17. The van der Waals surface area contributed by atoms with Crippen LogP contribution in [0, 0.1) is 17.5 Å². The molecule has 2 rings (SSSR count). The number of benzene rings is 2. The highest BCUT2D eigenvalue weighted by Crippen LogP contribution is 2.27. The molecule has 1 unspecified atom stereocenters. The fourth-order valence-electron chi connectivity index (χ4n) is 1.63. The first kappa shape index (κ1) is 16.7. The van der Waals surface area contributed by atoms with Crippen LogP contribution in [-0.2, 0) is 4.79 Å². The first-order valence-electron chi connectivity index (χ1n) is 6.24. The molecule has 1 atom stereocenters. The maximum atomic E-state index is 13.1. The van der Waals surface area contributed by atoms with Crippen molar-refractivity contribution in [2.24, 2.45) is 0 Å². The third-order valence-electron chi connectivity index (χ3n) is 2.76. The number of rotatable bonds is 4. The van der Waals surface area contributed by atoms with Crippen LogP contribution >= 0.6 is 23.4 Å². The maximum Gasteiger partial charge on any atom is 0.237 e. The zero-order valence-electron chi connectivity index (χ0n) is 11.4. The summed E-state index contributed by atoms with van der Waals surface area (Å²) in [5, 5.41) is 2.06. The van der Waals surface area contributed by atoms with Gasteiger partial charge in [0.15, 0.2) is 11.6 Å². The number of thioether (sulfide) groups is 1. The van der Waals surface area contributed by atoms with Crippen LogP contribution in [0.2, 0.25) is 5.02 Å². The minimum absolute atomic E-state index is 0.0818. The molecular weight excluding hydrogens is 335 g/mol. The smallest absolute Gasteiger partial charge is 0.237 e. The molecule has 0 aliphatic carbocycles. The van der Waals surface area contributed by atoms with Crippen molar-refractivity contribution in [1.82, 2.24) is 0 Å². The molecule has 0 aliphatic rings. The monoisotopic (exact) mass is 345 g/mol. The van der Waals surface area contributed by atoms with Gasteiger partial charge in [0.25, 0.3) is 0 Å². The summed E-state index contributed by atoms with van der Waals surface area (Å²) in [6, 6.07) is 7.02. The molecule has 0 aliphatic heterocycles. The number of amides is 1. The number of hydrogen-bond acceptors (Lipinski definition) is 2. The lowest BCUT2D eigenvalue weighted by molar-refractivity contribution is -0.115. The van der Waals surface area contributed by atoms with Crippen molar-refractivity contribution in [2.45, 2.75) is 17.1 Å². The van der Waals surface area contributed by atoms with Gasteiger partial charge in [-0.15, -0.1) is 11.8 Å². The number of anilines is 1. The second kappa shape index (κ2) is 7.07.